The number of hydrogen-bond acceptors (Lipinski definition) is 6. The van der Waals surface area contributed by atoms with E-state index in [-0.39, 0.29) is 26.8 Å². The number of aromatic nitrogens is 1. The molecule has 0 spiro atoms. The summed E-state index contributed by atoms with van der Waals surface area (Å²) in [6.45, 7) is 0. The Morgan fingerprint density at radius 1 is 1.07 bits per heavy atom. The summed E-state index contributed by atoms with van der Waals surface area (Å²) in [7, 11) is -4.99. The van der Waals surface area contributed by atoms with Crippen LogP contribution in [0.1, 0.15) is 5.56 Å². The van der Waals surface area contributed by atoms with Gasteiger partial charge in [-0.05, 0) is 35.9 Å². The summed E-state index contributed by atoms with van der Waals surface area (Å²) in [6, 6.07) is 11.8. The van der Waals surface area contributed by atoms with Gasteiger partial charge in [-0.2, -0.15) is 0 Å². The van der Waals surface area contributed by atoms with Crippen molar-refractivity contribution in [2.75, 3.05) is 14.1 Å². The van der Waals surface area contributed by atoms with Gasteiger partial charge in [-0.3, -0.25) is 9.78 Å². The summed E-state index contributed by atoms with van der Waals surface area (Å²) in [4.78, 5) is 16.3. The van der Waals surface area contributed by atoms with E-state index in [1.807, 2.05) is 4.72 Å². The third-order valence-corrected chi connectivity index (χ3v) is 7.67. The molecule has 0 saturated heterocycles. The first-order chi connectivity index (χ1) is 14.0. The third kappa shape index (κ3) is 4.62. The first-order valence-corrected chi connectivity index (χ1v) is 11.9. The number of nitrogens with one attached hydrogen (secondary N) is 1. The zero-order valence-electron chi connectivity index (χ0n) is 16.0. The molecular formula is C19H18ClN3O5S2. The monoisotopic (exact) mass is 467 g/mol. The number of nitrogens with zero attached hydrogens (tertiary/aromatic N) is 2. The molecule has 0 aliphatic rings. The third-order valence-electron chi connectivity index (χ3n) is 4.24. The zero-order valence-corrected chi connectivity index (χ0v) is 18.4. The molecule has 2 aromatic carbocycles. The second-order valence-corrected chi connectivity index (χ2v) is 10.9. The van der Waals surface area contributed by atoms with Crippen LogP contribution in [0.3, 0.4) is 0 Å². The fourth-order valence-electron chi connectivity index (χ4n) is 2.75. The van der Waals surface area contributed by atoms with Crippen molar-refractivity contribution in [3.8, 4) is 0 Å². The van der Waals surface area contributed by atoms with Crippen molar-refractivity contribution < 1.29 is 21.6 Å². The van der Waals surface area contributed by atoms with E-state index in [1.165, 1.54) is 50.6 Å². The number of benzene rings is 2. The highest BCUT2D eigenvalue weighted by molar-refractivity contribution is 7.90. The molecule has 1 aromatic heterocycles. The quantitative estimate of drug-likeness (QED) is 0.594. The maximum Gasteiger partial charge on any atom is 0.266 e. The Balaban J connectivity index is 1.81. The van der Waals surface area contributed by atoms with Crippen LogP contribution in [0.15, 0.2) is 64.5 Å². The first kappa shape index (κ1) is 22.2. The van der Waals surface area contributed by atoms with Gasteiger partial charge in [0.15, 0.2) is 0 Å². The van der Waals surface area contributed by atoms with Crippen molar-refractivity contribution in [3.05, 3.63) is 65.3 Å². The van der Waals surface area contributed by atoms with Gasteiger partial charge in [0.05, 0.1) is 16.8 Å². The SMILES string of the molecule is CN(C)S(=O)(=O)c1ccc(CC(=O)NS(=O)(=O)c2cc(Cl)cc3cccnc23)cc1. The number of sulfonamides is 2. The summed E-state index contributed by atoms with van der Waals surface area (Å²) < 4.78 is 52.8. The molecule has 0 fully saturated rings. The van der Waals surface area contributed by atoms with Crippen LogP contribution in [0.4, 0.5) is 0 Å². The van der Waals surface area contributed by atoms with Crippen LogP contribution < -0.4 is 4.72 Å². The Morgan fingerprint density at radius 2 is 1.73 bits per heavy atom. The van der Waals surface area contributed by atoms with Gasteiger partial charge in [0.2, 0.25) is 15.9 Å². The number of hydrogen-bond donors (Lipinski definition) is 1. The number of carbonyl (C=O) groups is 1. The van der Waals surface area contributed by atoms with Gasteiger partial charge in [-0.1, -0.05) is 29.8 Å². The van der Waals surface area contributed by atoms with Crippen LogP contribution in [0, 0.1) is 0 Å². The predicted octanol–water partition coefficient (Wildman–Crippen LogP) is 2.19. The van der Waals surface area contributed by atoms with E-state index in [9.17, 15) is 21.6 Å². The molecule has 0 atom stereocenters. The summed E-state index contributed by atoms with van der Waals surface area (Å²) in [5.74, 6) is -0.776. The minimum Gasteiger partial charge on any atom is -0.274 e. The number of pyridine rings is 1. The molecule has 0 saturated carbocycles. The van der Waals surface area contributed by atoms with Gasteiger partial charge >= 0.3 is 0 Å². The number of carbonyl (C=O) groups excluding carboxylic acids is 1. The van der Waals surface area contributed by atoms with Crippen molar-refractivity contribution >= 4 is 48.5 Å². The lowest BCUT2D eigenvalue weighted by Gasteiger charge is -2.12. The summed E-state index contributed by atoms with van der Waals surface area (Å²) in [5.41, 5.74) is 0.648. The number of rotatable bonds is 6. The van der Waals surface area contributed by atoms with Crippen LogP contribution in [0.25, 0.3) is 10.9 Å². The van der Waals surface area contributed by atoms with E-state index in [2.05, 4.69) is 4.98 Å². The minimum atomic E-state index is -4.22. The standard InChI is InChI=1S/C19H18ClN3O5S2/c1-23(2)30(27,28)16-7-5-13(6-8-16)10-18(24)22-29(25,26)17-12-15(20)11-14-4-3-9-21-19(14)17/h3-9,11-12H,10H2,1-2H3,(H,22,24). The fourth-order valence-corrected chi connectivity index (χ4v) is 5.13. The van der Waals surface area contributed by atoms with Crippen molar-refractivity contribution in [2.24, 2.45) is 0 Å². The Kier molecular flexibility index (Phi) is 6.14. The molecule has 30 heavy (non-hydrogen) atoms. The van der Waals surface area contributed by atoms with E-state index in [1.54, 1.807) is 18.2 Å². The average Bonchev–Trinajstić information content (AvgIpc) is 2.67. The number of amides is 1. The van der Waals surface area contributed by atoms with Crippen molar-refractivity contribution in [1.29, 1.82) is 0 Å². The lowest BCUT2D eigenvalue weighted by molar-refractivity contribution is -0.118. The lowest BCUT2D eigenvalue weighted by atomic mass is 10.1. The average molecular weight is 468 g/mol. The molecule has 1 heterocycles. The smallest absolute Gasteiger partial charge is 0.266 e. The number of fused-ring (bicyclic) bond motifs is 1. The second-order valence-electron chi connectivity index (χ2n) is 6.62. The van der Waals surface area contributed by atoms with Gasteiger partial charge in [0.1, 0.15) is 4.90 Å². The lowest BCUT2D eigenvalue weighted by Crippen LogP contribution is -2.32. The molecule has 11 heteroatoms. The van der Waals surface area contributed by atoms with E-state index in [4.69, 9.17) is 11.6 Å². The van der Waals surface area contributed by atoms with Crippen LogP contribution >= 0.6 is 11.6 Å². The molecule has 1 N–H and O–H groups in total. The molecule has 158 valence electrons. The first-order valence-electron chi connectivity index (χ1n) is 8.62. The highest BCUT2D eigenvalue weighted by Crippen LogP contribution is 2.25. The minimum absolute atomic E-state index is 0.0701. The van der Waals surface area contributed by atoms with Crippen LogP contribution in [-0.2, 0) is 31.3 Å². The van der Waals surface area contributed by atoms with E-state index in [0.717, 1.165) is 4.31 Å². The highest BCUT2D eigenvalue weighted by atomic mass is 35.5. The van der Waals surface area contributed by atoms with Gasteiger partial charge in [0, 0.05) is 30.7 Å². The number of halogens is 1. The molecule has 0 radical (unpaired) electrons. The van der Waals surface area contributed by atoms with Gasteiger partial charge in [-0.15, -0.1) is 0 Å². The van der Waals surface area contributed by atoms with Gasteiger partial charge in [-0.25, -0.2) is 25.9 Å². The maximum atomic E-state index is 12.7. The Labute approximate surface area is 179 Å². The molecule has 0 unspecified atom stereocenters. The molecule has 8 nitrogen and oxygen atoms in total. The van der Waals surface area contributed by atoms with E-state index in [0.29, 0.717) is 10.9 Å². The van der Waals surface area contributed by atoms with E-state index >= 15 is 0 Å². The second kappa shape index (κ2) is 8.31. The molecule has 0 bridgehead atoms. The Hall–Kier alpha value is -2.53. The molecule has 3 aromatic rings. The fraction of sp³-hybridized carbons (Fsp3) is 0.158. The van der Waals surface area contributed by atoms with Crippen LogP contribution in [0.5, 0.6) is 0 Å². The van der Waals surface area contributed by atoms with Gasteiger partial charge in [0.25, 0.3) is 10.0 Å². The van der Waals surface area contributed by atoms with Gasteiger partial charge < -0.3 is 0 Å². The predicted molar refractivity (Wildman–Crippen MR) is 113 cm³/mol. The Bertz CT molecular complexity index is 1320. The van der Waals surface area contributed by atoms with Crippen LogP contribution in [-0.4, -0.2) is 46.1 Å². The van der Waals surface area contributed by atoms with Crippen LogP contribution in [0.2, 0.25) is 5.02 Å². The topological polar surface area (TPSA) is 114 Å². The van der Waals surface area contributed by atoms with Crippen molar-refractivity contribution in [3.63, 3.8) is 0 Å². The summed E-state index contributed by atoms with van der Waals surface area (Å²) in [5, 5.41) is 0.719. The molecule has 0 aliphatic heterocycles. The molecular weight excluding hydrogens is 450 g/mol. The highest BCUT2D eigenvalue weighted by Gasteiger charge is 2.22. The zero-order chi connectivity index (χ0) is 22.1. The maximum absolute atomic E-state index is 12.7. The largest absolute Gasteiger partial charge is 0.274 e. The summed E-state index contributed by atoms with van der Waals surface area (Å²) >= 11 is 6.01. The summed E-state index contributed by atoms with van der Waals surface area (Å²) in [6.07, 6.45) is 1.19. The van der Waals surface area contributed by atoms with Crippen molar-refractivity contribution in [1.82, 2.24) is 14.0 Å². The molecule has 1 amide bonds. The normalized spacial score (nSPS) is 12.3. The van der Waals surface area contributed by atoms with Crippen molar-refractivity contribution in [2.45, 2.75) is 16.2 Å². The Morgan fingerprint density at radius 3 is 2.37 bits per heavy atom. The molecule has 3 rings (SSSR count). The van der Waals surface area contributed by atoms with E-state index < -0.39 is 26.0 Å². The molecule has 0 aliphatic carbocycles.